The Bertz CT molecular complexity index is 447. The average molecular weight is 322 g/mol. The highest BCUT2D eigenvalue weighted by Crippen LogP contribution is 2.24. The Hall–Kier alpha value is -0.910. The normalized spacial score (nSPS) is 12.2. The maximum atomic E-state index is 11.6. The Labute approximate surface area is 111 Å². The number of halogens is 2. The number of aliphatic carboxylic acids is 1. The molecule has 2 N–H and O–H groups in total. The number of aliphatic hydroxyl groups is 1. The van der Waals surface area contributed by atoms with Gasteiger partial charge in [0.15, 0.2) is 11.9 Å². The Morgan fingerprint density at radius 2 is 2.06 bits per heavy atom. The lowest BCUT2D eigenvalue weighted by molar-refractivity contribution is -0.146. The monoisotopic (exact) mass is 320 g/mol. The van der Waals surface area contributed by atoms with Crippen molar-refractivity contribution in [2.24, 2.45) is 0 Å². The molecule has 0 aliphatic carbocycles. The standard InChI is InChI=1S/C11H10BrClO4/c12-8-5-6(10(15)11(16)17)1-2-7(8)9(14)3-4-13/h1-2,5,10,15H,3-4H2,(H,16,17). The number of carboxylic acid groups (broad SMARTS) is 1. The zero-order valence-corrected chi connectivity index (χ0v) is 11.0. The summed E-state index contributed by atoms with van der Waals surface area (Å²) >= 11 is 8.64. The molecule has 17 heavy (non-hydrogen) atoms. The summed E-state index contributed by atoms with van der Waals surface area (Å²) in [5, 5.41) is 18.0. The van der Waals surface area contributed by atoms with Crippen molar-refractivity contribution >= 4 is 39.3 Å². The molecule has 1 rings (SSSR count). The molecular formula is C11H10BrClO4. The molecule has 0 fully saturated rings. The summed E-state index contributed by atoms with van der Waals surface area (Å²) in [6, 6.07) is 4.30. The summed E-state index contributed by atoms with van der Waals surface area (Å²) in [4.78, 5) is 22.2. The highest BCUT2D eigenvalue weighted by atomic mass is 79.9. The lowest BCUT2D eigenvalue weighted by Gasteiger charge is -2.08. The molecule has 0 amide bonds. The first kappa shape index (κ1) is 14.2. The van der Waals surface area contributed by atoms with Crippen LogP contribution in [0.5, 0.6) is 0 Å². The second-order valence-corrected chi connectivity index (χ2v) is 4.57. The lowest BCUT2D eigenvalue weighted by atomic mass is 10.0. The van der Waals surface area contributed by atoms with E-state index in [-0.39, 0.29) is 23.6 Å². The SMILES string of the molecule is O=C(CCCl)c1ccc(C(O)C(=O)O)cc1Br. The average Bonchev–Trinajstić information content (AvgIpc) is 2.27. The molecule has 1 atom stereocenters. The van der Waals surface area contributed by atoms with Crippen molar-refractivity contribution < 1.29 is 19.8 Å². The van der Waals surface area contributed by atoms with Crippen LogP contribution >= 0.6 is 27.5 Å². The van der Waals surface area contributed by atoms with Gasteiger partial charge in [0.2, 0.25) is 0 Å². The first-order valence-electron chi connectivity index (χ1n) is 4.77. The van der Waals surface area contributed by atoms with E-state index >= 15 is 0 Å². The van der Waals surface area contributed by atoms with Crippen LogP contribution < -0.4 is 0 Å². The number of benzene rings is 1. The third-order valence-corrected chi connectivity index (χ3v) is 3.01. The van der Waals surface area contributed by atoms with Gasteiger partial charge < -0.3 is 10.2 Å². The van der Waals surface area contributed by atoms with Crippen molar-refractivity contribution in [3.63, 3.8) is 0 Å². The van der Waals surface area contributed by atoms with Crippen LogP contribution in [0.3, 0.4) is 0 Å². The second-order valence-electron chi connectivity index (χ2n) is 3.34. The third kappa shape index (κ3) is 3.52. The molecule has 0 heterocycles. The summed E-state index contributed by atoms with van der Waals surface area (Å²) < 4.78 is 0.449. The van der Waals surface area contributed by atoms with Crippen LogP contribution in [0.4, 0.5) is 0 Å². The van der Waals surface area contributed by atoms with Gasteiger partial charge in [-0.05, 0) is 17.7 Å². The second kappa shape index (κ2) is 6.14. The fourth-order valence-electron chi connectivity index (χ4n) is 1.29. The van der Waals surface area contributed by atoms with Gasteiger partial charge in [-0.1, -0.05) is 22.0 Å². The van der Waals surface area contributed by atoms with Crippen LogP contribution in [0.1, 0.15) is 28.4 Å². The van der Waals surface area contributed by atoms with E-state index in [1.54, 1.807) is 0 Å². The van der Waals surface area contributed by atoms with Crippen molar-refractivity contribution in [1.82, 2.24) is 0 Å². The highest BCUT2D eigenvalue weighted by molar-refractivity contribution is 9.10. The first-order valence-corrected chi connectivity index (χ1v) is 6.09. The van der Waals surface area contributed by atoms with Crippen molar-refractivity contribution in [3.8, 4) is 0 Å². The summed E-state index contributed by atoms with van der Waals surface area (Å²) in [7, 11) is 0. The van der Waals surface area contributed by atoms with Crippen molar-refractivity contribution in [1.29, 1.82) is 0 Å². The molecule has 0 aliphatic rings. The van der Waals surface area contributed by atoms with Crippen LogP contribution in [-0.4, -0.2) is 27.8 Å². The van der Waals surface area contributed by atoms with Gasteiger partial charge in [0.25, 0.3) is 0 Å². The molecule has 0 saturated carbocycles. The van der Waals surface area contributed by atoms with E-state index < -0.39 is 12.1 Å². The van der Waals surface area contributed by atoms with E-state index in [4.69, 9.17) is 16.7 Å². The number of aliphatic hydroxyl groups excluding tert-OH is 1. The molecule has 6 heteroatoms. The number of rotatable bonds is 5. The molecule has 0 aromatic heterocycles. The summed E-state index contributed by atoms with van der Waals surface area (Å²) in [6.45, 7) is 0. The number of hydrogen-bond donors (Lipinski definition) is 2. The quantitative estimate of drug-likeness (QED) is 0.645. The molecule has 0 radical (unpaired) electrons. The van der Waals surface area contributed by atoms with Crippen molar-refractivity contribution in [3.05, 3.63) is 33.8 Å². The molecule has 0 saturated heterocycles. The molecule has 1 aromatic carbocycles. The third-order valence-electron chi connectivity index (χ3n) is 2.16. The first-order chi connectivity index (χ1) is 7.97. The molecule has 1 aromatic rings. The number of carbonyl (C=O) groups excluding carboxylic acids is 1. The van der Waals surface area contributed by atoms with Crippen LogP contribution in [0.15, 0.2) is 22.7 Å². The van der Waals surface area contributed by atoms with Gasteiger partial charge in [0.1, 0.15) is 0 Å². The van der Waals surface area contributed by atoms with Crippen molar-refractivity contribution in [2.75, 3.05) is 5.88 Å². The minimum atomic E-state index is -1.59. The van der Waals surface area contributed by atoms with E-state index in [2.05, 4.69) is 15.9 Å². The van der Waals surface area contributed by atoms with Crippen LogP contribution in [0.2, 0.25) is 0 Å². The maximum absolute atomic E-state index is 11.6. The van der Waals surface area contributed by atoms with Gasteiger partial charge in [0.05, 0.1) is 0 Å². The molecular weight excluding hydrogens is 311 g/mol. The molecule has 1 unspecified atom stereocenters. The van der Waals surface area contributed by atoms with Crippen LogP contribution in [0.25, 0.3) is 0 Å². The topological polar surface area (TPSA) is 74.6 Å². The van der Waals surface area contributed by atoms with Crippen LogP contribution in [0, 0.1) is 0 Å². The lowest BCUT2D eigenvalue weighted by Crippen LogP contribution is -2.11. The van der Waals surface area contributed by atoms with E-state index in [0.717, 1.165) is 0 Å². The predicted octanol–water partition coefficient (Wildman–Crippen LogP) is 2.38. The number of carbonyl (C=O) groups is 2. The van der Waals surface area contributed by atoms with E-state index in [1.807, 2.05) is 0 Å². The van der Waals surface area contributed by atoms with Gasteiger partial charge in [0, 0.05) is 22.3 Å². The fourth-order valence-corrected chi connectivity index (χ4v) is 2.08. The Morgan fingerprint density at radius 3 is 2.53 bits per heavy atom. The van der Waals surface area contributed by atoms with Gasteiger partial charge in [-0.2, -0.15) is 0 Å². The van der Waals surface area contributed by atoms with Crippen LogP contribution in [-0.2, 0) is 4.79 Å². The van der Waals surface area contributed by atoms with E-state index in [0.29, 0.717) is 10.0 Å². The highest BCUT2D eigenvalue weighted by Gasteiger charge is 2.18. The Kier molecular flexibility index (Phi) is 5.11. The number of ketones is 1. The van der Waals surface area contributed by atoms with Crippen molar-refractivity contribution in [2.45, 2.75) is 12.5 Å². The maximum Gasteiger partial charge on any atom is 0.337 e. The number of hydrogen-bond acceptors (Lipinski definition) is 3. The van der Waals surface area contributed by atoms with E-state index in [9.17, 15) is 14.7 Å². The molecule has 4 nitrogen and oxygen atoms in total. The van der Waals surface area contributed by atoms with Gasteiger partial charge >= 0.3 is 5.97 Å². The minimum Gasteiger partial charge on any atom is -0.479 e. The Balaban J connectivity index is 3.01. The van der Waals surface area contributed by atoms with Gasteiger partial charge in [-0.3, -0.25) is 4.79 Å². The zero-order valence-electron chi connectivity index (χ0n) is 8.69. The number of Topliss-reactive ketones (excluding diaryl/α,β-unsaturated/α-hetero) is 1. The molecule has 92 valence electrons. The summed E-state index contributed by atoms with van der Waals surface area (Å²) in [6.07, 6.45) is -1.38. The summed E-state index contributed by atoms with van der Waals surface area (Å²) in [5.41, 5.74) is 0.638. The largest absolute Gasteiger partial charge is 0.479 e. The van der Waals surface area contributed by atoms with Gasteiger partial charge in [-0.15, -0.1) is 11.6 Å². The minimum absolute atomic E-state index is 0.136. The Morgan fingerprint density at radius 1 is 1.41 bits per heavy atom. The molecule has 0 aliphatic heterocycles. The predicted molar refractivity (Wildman–Crippen MR) is 66.4 cm³/mol. The zero-order chi connectivity index (χ0) is 13.0. The van der Waals surface area contributed by atoms with E-state index in [1.165, 1.54) is 18.2 Å². The molecule has 0 bridgehead atoms. The molecule has 0 spiro atoms. The number of carboxylic acids is 1. The smallest absolute Gasteiger partial charge is 0.337 e. The summed E-state index contributed by atoms with van der Waals surface area (Å²) in [5.74, 6) is -1.25. The van der Waals surface area contributed by atoms with Gasteiger partial charge in [-0.25, -0.2) is 4.79 Å². The number of alkyl halides is 1. The fraction of sp³-hybridized carbons (Fsp3) is 0.273.